The Labute approximate surface area is 74.2 Å². The maximum absolute atomic E-state index is 11.2. The molecule has 5 nitrogen and oxygen atoms in total. The third-order valence-electron chi connectivity index (χ3n) is 1.93. The fourth-order valence-corrected chi connectivity index (χ4v) is 1.27. The van der Waals surface area contributed by atoms with Crippen LogP contribution in [-0.4, -0.2) is 20.2 Å². The predicted molar refractivity (Wildman–Crippen MR) is 48.6 cm³/mol. The van der Waals surface area contributed by atoms with E-state index in [4.69, 9.17) is 0 Å². The van der Waals surface area contributed by atoms with Crippen LogP contribution in [0.1, 0.15) is 25.5 Å². The summed E-state index contributed by atoms with van der Waals surface area (Å²) in [5, 5.41) is 6.73. The molecule has 0 saturated carbocycles. The van der Waals surface area contributed by atoms with E-state index >= 15 is 0 Å². The molecular formula is C8H10N4O. The van der Waals surface area contributed by atoms with Crippen molar-refractivity contribution in [2.24, 2.45) is 0 Å². The van der Waals surface area contributed by atoms with Crippen LogP contribution in [0.3, 0.4) is 0 Å². The number of hydrogen-bond donors (Lipinski definition) is 2. The minimum absolute atomic E-state index is 0.176. The molecular weight excluding hydrogens is 168 g/mol. The molecule has 0 unspecified atom stereocenters. The summed E-state index contributed by atoms with van der Waals surface area (Å²) < 4.78 is 0. The van der Waals surface area contributed by atoms with Crippen molar-refractivity contribution in [1.29, 1.82) is 0 Å². The lowest BCUT2D eigenvalue weighted by atomic mass is 10.1. The van der Waals surface area contributed by atoms with Gasteiger partial charge in [0.15, 0.2) is 0 Å². The van der Waals surface area contributed by atoms with Gasteiger partial charge < -0.3 is 4.98 Å². The van der Waals surface area contributed by atoms with Crippen molar-refractivity contribution in [3.8, 4) is 0 Å². The van der Waals surface area contributed by atoms with Gasteiger partial charge in [0.05, 0.1) is 12.0 Å². The lowest BCUT2D eigenvalue weighted by molar-refractivity contribution is 0.815. The molecule has 0 bridgehead atoms. The lowest BCUT2D eigenvalue weighted by Crippen LogP contribution is -2.05. The summed E-state index contributed by atoms with van der Waals surface area (Å²) in [5.74, 6) is 0.267. The fraction of sp³-hybridized carbons (Fsp3) is 0.375. The molecule has 13 heavy (non-hydrogen) atoms. The molecule has 5 heteroatoms. The highest BCUT2D eigenvalue weighted by atomic mass is 16.1. The van der Waals surface area contributed by atoms with Gasteiger partial charge in [-0.1, -0.05) is 13.8 Å². The maximum atomic E-state index is 11.2. The highest BCUT2D eigenvalue weighted by molar-refractivity contribution is 5.75. The summed E-state index contributed by atoms with van der Waals surface area (Å²) in [6.45, 7) is 4.02. The first-order valence-electron chi connectivity index (χ1n) is 4.12. The summed E-state index contributed by atoms with van der Waals surface area (Å²) in [6, 6.07) is 0. The number of nitrogens with zero attached hydrogens (tertiary/aromatic N) is 2. The van der Waals surface area contributed by atoms with E-state index in [0.717, 1.165) is 5.69 Å². The number of hydrogen-bond acceptors (Lipinski definition) is 3. The van der Waals surface area contributed by atoms with Crippen LogP contribution in [0.5, 0.6) is 0 Å². The van der Waals surface area contributed by atoms with E-state index in [9.17, 15) is 4.79 Å². The van der Waals surface area contributed by atoms with Crippen LogP contribution in [-0.2, 0) is 0 Å². The molecule has 2 aromatic heterocycles. The molecule has 0 spiro atoms. The van der Waals surface area contributed by atoms with Crippen LogP contribution in [0, 0.1) is 0 Å². The number of nitrogens with one attached hydrogen (secondary N) is 2. The standard InChI is InChI=1S/C8H10N4O/c1-4(2)5-6-7(12-11-5)8(13)10-3-9-6/h3-4H,1-2H3,(H,11,12)(H,9,10,13). The van der Waals surface area contributed by atoms with E-state index in [0.29, 0.717) is 11.0 Å². The number of fused-ring (bicyclic) bond motifs is 1. The first-order chi connectivity index (χ1) is 6.20. The van der Waals surface area contributed by atoms with E-state index in [2.05, 4.69) is 20.2 Å². The number of H-pyrrole nitrogens is 2. The van der Waals surface area contributed by atoms with Crippen LogP contribution >= 0.6 is 0 Å². The van der Waals surface area contributed by atoms with Crippen molar-refractivity contribution in [3.05, 3.63) is 22.4 Å². The smallest absolute Gasteiger partial charge is 0.276 e. The van der Waals surface area contributed by atoms with E-state index in [-0.39, 0.29) is 11.5 Å². The third-order valence-corrected chi connectivity index (χ3v) is 1.93. The summed E-state index contributed by atoms with van der Waals surface area (Å²) in [7, 11) is 0. The minimum Gasteiger partial charge on any atom is -0.311 e. The zero-order chi connectivity index (χ0) is 9.42. The number of rotatable bonds is 1. The van der Waals surface area contributed by atoms with Crippen molar-refractivity contribution >= 4 is 11.0 Å². The first kappa shape index (κ1) is 7.97. The Morgan fingerprint density at radius 2 is 2.23 bits per heavy atom. The average Bonchev–Trinajstić information content (AvgIpc) is 2.48. The molecule has 0 aliphatic heterocycles. The van der Waals surface area contributed by atoms with Crippen LogP contribution in [0.15, 0.2) is 11.1 Å². The van der Waals surface area contributed by atoms with Gasteiger partial charge in [0.1, 0.15) is 11.0 Å². The number of aromatic nitrogens is 4. The average molecular weight is 178 g/mol. The van der Waals surface area contributed by atoms with Crippen molar-refractivity contribution in [3.63, 3.8) is 0 Å². The van der Waals surface area contributed by atoms with Gasteiger partial charge in [-0.2, -0.15) is 5.10 Å². The van der Waals surface area contributed by atoms with Crippen molar-refractivity contribution in [2.45, 2.75) is 19.8 Å². The van der Waals surface area contributed by atoms with Gasteiger partial charge in [-0.05, 0) is 5.92 Å². The number of aromatic amines is 2. The van der Waals surface area contributed by atoms with Crippen LogP contribution in [0.25, 0.3) is 11.0 Å². The Kier molecular flexibility index (Phi) is 1.65. The van der Waals surface area contributed by atoms with Crippen LogP contribution in [0.4, 0.5) is 0 Å². The van der Waals surface area contributed by atoms with E-state index < -0.39 is 0 Å². The molecule has 2 aromatic rings. The van der Waals surface area contributed by atoms with Crippen LogP contribution in [0.2, 0.25) is 0 Å². The molecule has 0 saturated heterocycles. The predicted octanol–water partition coefficient (Wildman–Crippen LogP) is 0.770. The van der Waals surface area contributed by atoms with E-state index in [1.807, 2.05) is 13.8 Å². The molecule has 0 radical (unpaired) electrons. The van der Waals surface area contributed by atoms with Gasteiger partial charge in [-0.25, -0.2) is 4.98 Å². The van der Waals surface area contributed by atoms with Gasteiger partial charge in [-0.15, -0.1) is 0 Å². The molecule has 0 aromatic carbocycles. The Hall–Kier alpha value is -1.65. The summed E-state index contributed by atoms with van der Waals surface area (Å²) in [5.41, 5.74) is 1.77. The highest BCUT2D eigenvalue weighted by Crippen LogP contribution is 2.17. The molecule has 68 valence electrons. The van der Waals surface area contributed by atoms with Crippen molar-refractivity contribution in [1.82, 2.24) is 20.2 Å². The molecule has 2 rings (SSSR count). The molecule has 2 N–H and O–H groups in total. The molecule has 0 atom stereocenters. The summed E-state index contributed by atoms with van der Waals surface area (Å²) in [6.07, 6.45) is 1.39. The zero-order valence-electron chi connectivity index (χ0n) is 7.46. The maximum Gasteiger partial charge on any atom is 0.276 e. The van der Waals surface area contributed by atoms with Gasteiger partial charge in [0, 0.05) is 0 Å². The quantitative estimate of drug-likeness (QED) is 0.677. The molecule has 0 aliphatic carbocycles. The fourth-order valence-electron chi connectivity index (χ4n) is 1.27. The van der Waals surface area contributed by atoms with Gasteiger partial charge >= 0.3 is 0 Å². The normalized spacial score (nSPS) is 11.3. The van der Waals surface area contributed by atoms with E-state index in [1.165, 1.54) is 6.33 Å². The molecule has 0 fully saturated rings. The topological polar surface area (TPSA) is 74.4 Å². The third kappa shape index (κ3) is 1.12. The second-order valence-corrected chi connectivity index (χ2v) is 3.22. The van der Waals surface area contributed by atoms with Gasteiger partial charge in [0.2, 0.25) is 0 Å². The Balaban J connectivity index is 2.83. The Bertz CT molecular complexity index is 482. The second kappa shape index (κ2) is 2.69. The highest BCUT2D eigenvalue weighted by Gasteiger charge is 2.11. The molecule has 2 heterocycles. The van der Waals surface area contributed by atoms with Gasteiger partial charge in [0.25, 0.3) is 5.56 Å². The molecule has 0 amide bonds. The van der Waals surface area contributed by atoms with E-state index in [1.54, 1.807) is 0 Å². The molecule has 0 aliphatic rings. The zero-order valence-corrected chi connectivity index (χ0v) is 7.46. The SMILES string of the molecule is CC(C)c1n[nH]c2c(=O)[nH]cnc12. The first-order valence-corrected chi connectivity index (χ1v) is 4.12. The largest absolute Gasteiger partial charge is 0.311 e. The Morgan fingerprint density at radius 3 is 2.92 bits per heavy atom. The van der Waals surface area contributed by atoms with Crippen LogP contribution < -0.4 is 5.56 Å². The van der Waals surface area contributed by atoms with Crippen molar-refractivity contribution < 1.29 is 0 Å². The van der Waals surface area contributed by atoms with Gasteiger partial charge in [-0.3, -0.25) is 9.89 Å². The van der Waals surface area contributed by atoms with Crippen molar-refractivity contribution in [2.75, 3.05) is 0 Å². The summed E-state index contributed by atoms with van der Waals surface area (Å²) >= 11 is 0. The monoisotopic (exact) mass is 178 g/mol. The minimum atomic E-state index is -0.176. The Morgan fingerprint density at radius 1 is 1.46 bits per heavy atom. The lowest BCUT2D eigenvalue weighted by Gasteiger charge is -1.97. The second-order valence-electron chi connectivity index (χ2n) is 3.22. The summed E-state index contributed by atoms with van der Waals surface area (Å²) in [4.78, 5) is 17.8.